The van der Waals surface area contributed by atoms with Crippen LogP contribution in [-0.4, -0.2) is 48.4 Å². The van der Waals surface area contributed by atoms with Crippen LogP contribution in [0.2, 0.25) is 0 Å². The van der Waals surface area contributed by atoms with Crippen molar-refractivity contribution < 1.29 is 18.8 Å². The van der Waals surface area contributed by atoms with E-state index in [-0.39, 0.29) is 11.7 Å². The summed E-state index contributed by atoms with van der Waals surface area (Å²) < 4.78 is 16.7. The molecular weight excluding hydrogens is 308 g/mol. The first-order valence-corrected chi connectivity index (χ1v) is 7.99. The van der Waals surface area contributed by atoms with E-state index in [1.807, 2.05) is 31.2 Å². The smallest absolute Gasteiger partial charge is 0.292 e. The molecule has 0 saturated carbocycles. The largest absolute Gasteiger partial charge is 0.490 e. The molecular formula is C18H22N2O4. The number of benzene rings is 1. The Labute approximate surface area is 141 Å². The number of carbonyl (C=O) groups is 1. The lowest BCUT2D eigenvalue weighted by atomic mass is 10.0. The molecule has 1 aromatic heterocycles. The molecule has 0 aliphatic carbocycles. The van der Waals surface area contributed by atoms with Gasteiger partial charge in [0.2, 0.25) is 5.76 Å². The molecule has 1 fully saturated rings. The molecule has 6 nitrogen and oxygen atoms in total. The van der Waals surface area contributed by atoms with Gasteiger partial charge in [-0.3, -0.25) is 4.79 Å². The predicted octanol–water partition coefficient (Wildman–Crippen LogP) is 2.60. The third-order valence-corrected chi connectivity index (χ3v) is 4.46. The van der Waals surface area contributed by atoms with Crippen molar-refractivity contribution in [2.24, 2.45) is 0 Å². The third kappa shape index (κ3) is 3.28. The van der Waals surface area contributed by atoms with E-state index in [1.54, 1.807) is 25.0 Å². The lowest BCUT2D eigenvalue weighted by molar-refractivity contribution is -0.0345. The second-order valence-electron chi connectivity index (χ2n) is 6.25. The highest BCUT2D eigenvalue weighted by atomic mass is 16.5. The summed E-state index contributed by atoms with van der Waals surface area (Å²) in [6.07, 6.45) is 0.717. The third-order valence-electron chi connectivity index (χ3n) is 4.46. The van der Waals surface area contributed by atoms with Gasteiger partial charge in [0, 0.05) is 19.7 Å². The van der Waals surface area contributed by atoms with E-state index in [4.69, 9.17) is 14.0 Å². The topological polar surface area (TPSA) is 64.8 Å². The average Bonchev–Trinajstić information content (AvgIpc) is 3.21. The molecule has 0 N–H and O–H groups in total. The number of nitrogens with zero attached hydrogens (tertiary/aromatic N) is 2. The van der Waals surface area contributed by atoms with Crippen molar-refractivity contribution in [3.05, 3.63) is 47.3 Å². The monoisotopic (exact) mass is 330 g/mol. The molecule has 0 radical (unpaired) electrons. The number of hydrogen-bond donors (Lipinski definition) is 0. The number of aryl methyl sites for hydroxylation is 2. The van der Waals surface area contributed by atoms with Crippen molar-refractivity contribution in [2.45, 2.75) is 25.9 Å². The SMILES string of the molecule is CO[C@]1(COc2ccccc2C)CCN(C(=O)c2cc(C)no2)C1. The number of aromatic nitrogens is 1. The summed E-state index contributed by atoms with van der Waals surface area (Å²) in [6.45, 7) is 5.26. The summed E-state index contributed by atoms with van der Waals surface area (Å²) in [5.41, 5.74) is 1.26. The van der Waals surface area contributed by atoms with Crippen LogP contribution in [0.4, 0.5) is 0 Å². The number of likely N-dealkylation sites (tertiary alicyclic amines) is 1. The standard InChI is InChI=1S/C18H22N2O4/c1-13-6-4-5-7-15(13)23-12-18(22-3)8-9-20(11-18)17(21)16-10-14(2)19-24-16/h4-7,10H,8-9,11-12H2,1-3H3/t18-/m1/s1. The highest BCUT2D eigenvalue weighted by Crippen LogP contribution is 2.28. The molecule has 128 valence electrons. The van der Waals surface area contributed by atoms with Gasteiger partial charge in [-0.2, -0.15) is 0 Å². The molecule has 1 amide bonds. The fraction of sp³-hybridized carbons (Fsp3) is 0.444. The minimum atomic E-state index is -0.507. The Hall–Kier alpha value is -2.34. The van der Waals surface area contributed by atoms with Crippen LogP contribution < -0.4 is 4.74 Å². The molecule has 6 heteroatoms. The van der Waals surface area contributed by atoms with Gasteiger partial charge in [-0.25, -0.2) is 0 Å². The van der Waals surface area contributed by atoms with E-state index in [1.165, 1.54) is 0 Å². The molecule has 3 rings (SSSR count). The van der Waals surface area contributed by atoms with Gasteiger partial charge in [0.15, 0.2) is 0 Å². The van der Waals surface area contributed by atoms with E-state index in [0.29, 0.717) is 31.8 Å². The maximum atomic E-state index is 12.5. The van der Waals surface area contributed by atoms with Crippen LogP contribution in [0.1, 0.15) is 28.2 Å². The first-order chi connectivity index (χ1) is 11.5. The number of para-hydroxylation sites is 1. The number of carbonyl (C=O) groups excluding carboxylic acids is 1. The molecule has 1 aliphatic rings. The number of rotatable bonds is 5. The maximum Gasteiger partial charge on any atom is 0.292 e. The maximum absolute atomic E-state index is 12.5. The van der Waals surface area contributed by atoms with Gasteiger partial charge in [-0.15, -0.1) is 0 Å². The summed E-state index contributed by atoms with van der Waals surface area (Å²) in [5, 5.41) is 3.77. The molecule has 0 spiro atoms. The van der Waals surface area contributed by atoms with Gasteiger partial charge in [-0.1, -0.05) is 23.4 Å². The Morgan fingerprint density at radius 3 is 2.83 bits per heavy atom. The van der Waals surface area contributed by atoms with Crippen LogP contribution >= 0.6 is 0 Å². The Kier molecular flexibility index (Phi) is 4.57. The van der Waals surface area contributed by atoms with Crippen molar-refractivity contribution in [1.29, 1.82) is 0 Å². The van der Waals surface area contributed by atoms with Crippen LogP contribution in [0.3, 0.4) is 0 Å². The molecule has 0 unspecified atom stereocenters. The van der Waals surface area contributed by atoms with Gasteiger partial charge >= 0.3 is 0 Å². The molecule has 1 atom stereocenters. The Morgan fingerprint density at radius 2 is 2.17 bits per heavy atom. The van der Waals surface area contributed by atoms with Gasteiger partial charge in [0.25, 0.3) is 5.91 Å². The van der Waals surface area contributed by atoms with Gasteiger partial charge in [0.1, 0.15) is 18.0 Å². The lowest BCUT2D eigenvalue weighted by Gasteiger charge is -2.28. The first-order valence-electron chi connectivity index (χ1n) is 7.99. The second kappa shape index (κ2) is 6.65. The van der Waals surface area contributed by atoms with Crippen LogP contribution in [-0.2, 0) is 4.74 Å². The Morgan fingerprint density at radius 1 is 1.38 bits per heavy atom. The Balaban J connectivity index is 1.66. The minimum Gasteiger partial charge on any atom is -0.490 e. The van der Waals surface area contributed by atoms with Gasteiger partial charge in [0.05, 0.1) is 12.2 Å². The summed E-state index contributed by atoms with van der Waals surface area (Å²) >= 11 is 0. The van der Waals surface area contributed by atoms with Crippen molar-refractivity contribution in [3.8, 4) is 5.75 Å². The van der Waals surface area contributed by atoms with E-state index >= 15 is 0 Å². The summed E-state index contributed by atoms with van der Waals surface area (Å²) in [4.78, 5) is 14.2. The molecule has 2 heterocycles. The van der Waals surface area contributed by atoms with E-state index in [9.17, 15) is 4.79 Å². The molecule has 0 bridgehead atoms. The fourth-order valence-corrected chi connectivity index (χ4v) is 2.91. The molecule has 1 aromatic carbocycles. The zero-order valence-corrected chi connectivity index (χ0v) is 14.2. The quantitative estimate of drug-likeness (QED) is 0.843. The molecule has 24 heavy (non-hydrogen) atoms. The zero-order chi connectivity index (χ0) is 17.2. The normalized spacial score (nSPS) is 20.4. The van der Waals surface area contributed by atoms with Gasteiger partial charge in [-0.05, 0) is 31.9 Å². The second-order valence-corrected chi connectivity index (χ2v) is 6.25. The number of amides is 1. The lowest BCUT2D eigenvalue weighted by Crippen LogP contribution is -2.42. The summed E-state index contributed by atoms with van der Waals surface area (Å²) in [7, 11) is 1.66. The van der Waals surface area contributed by atoms with Gasteiger partial charge < -0.3 is 18.9 Å². The molecule has 1 saturated heterocycles. The van der Waals surface area contributed by atoms with E-state index < -0.39 is 5.60 Å². The molecule has 2 aromatic rings. The zero-order valence-electron chi connectivity index (χ0n) is 14.2. The van der Waals surface area contributed by atoms with Crippen molar-refractivity contribution in [3.63, 3.8) is 0 Å². The van der Waals surface area contributed by atoms with Crippen LogP contribution in [0.15, 0.2) is 34.9 Å². The number of hydrogen-bond acceptors (Lipinski definition) is 5. The molecule has 1 aliphatic heterocycles. The summed E-state index contributed by atoms with van der Waals surface area (Å²) in [5.74, 6) is 0.939. The Bertz CT molecular complexity index is 727. The number of ether oxygens (including phenoxy) is 2. The highest BCUT2D eigenvalue weighted by Gasteiger charge is 2.42. The van der Waals surface area contributed by atoms with Crippen LogP contribution in [0.5, 0.6) is 5.75 Å². The van der Waals surface area contributed by atoms with Crippen LogP contribution in [0.25, 0.3) is 0 Å². The fourth-order valence-electron chi connectivity index (χ4n) is 2.91. The predicted molar refractivity (Wildman–Crippen MR) is 88.2 cm³/mol. The van der Waals surface area contributed by atoms with Crippen LogP contribution in [0, 0.1) is 13.8 Å². The summed E-state index contributed by atoms with van der Waals surface area (Å²) in [6, 6.07) is 9.51. The van der Waals surface area contributed by atoms with Crippen molar-refractivity contribution in [2.75, 3.05) is 26.8 Å². The van der Waals surface area contributed by atoms with E-state index in [0.717, 1.165) is 11.3 Å². The van der Waals surface area contributed by atoms with Crippen molar-refractivity contribution in [1.82, 2.24) is 10.1 Å². The van der Waals surface area contributed by atoms with Crippen molar-refractivity contribution >= 4 is 5.91 Å². The first kappa shape index (κ1) is 16.5. The average molecular weight is 330 g/mol. The minimum absolute atomic E-state index is 0.162. The number of methoxy groups -OCH3 is 1. The highest BCUT2D eigenvalue weighted by molar-refractivity contribution is 5.91. The van der Waals surface area contributed by atoms with E-state index in [2.05, 4.69) is 5.16 Å².